The van der Waals surface area contributed by atoms with E-state index in [0.717, 1.165) is 105 Å². The molecule has 15 nitrogen and oxygen atoms in total. The van der Waals surface area contributed by atoms with Gasteiger partial charge in [-0.1, -0.05) is 18.5 Å². The number of nitrogens with one attached hydrogen (secondary N) is 2. The van der Waals surface area contributed by atoms with Gasteiger partial charge in [-0.05, 0) is 117 Å². The van der Waals surface area contributed by atoms with Gasteiger partial charge in [0.1, 0.15) is 23.7 Å². The molecule has 4 saturated heterocycles. The first-order chi connectivity index (χ1) is 33.9. The van der Waals surface area contributed by atoms with E-state index in [9.17, 15) is 33.2 Å². The van der Waals surface area contributed by atoms with Crippen LogP contribution in [0.5, 0.6) is 5.75 Å². The highest BCUT2D eigenvalue weighted by molar-refractivity contribution is 6.32. The van der Waals surface area contributed by atoms with Crippen molar-refractivity contribution in [2.45, 2.75) is 95.2 Å². The van der Waals surface area contributed by atoms with Crippen LogP contribution in [0.25, 0.3) is 10.9 Å². The van der Waals surface area contributed by atoms with Gasteiger partial charge in [-0.25, -0.2) is 4.39 Å². The number of anilines is 2. The molecule has 17 heteroatoms. The van der Waals surface area contributed by atoms with Crippen molar-refractivity contribution in [2.24, 2.45) is 11.8 Å². The molecule has 6 heterocycles. The fourth-order valence-electron chi connectivity index (χ4n) is 11.7. The zero-order valence-electron chi connectivity index (χ0n) is 39.5. The number of nitrogens with zero attached hydrogens (tertiary/aromatic N) is 6. The molecule has 1 aliphatic carbocycles. The van der Waals surface area contributed by atoms with Crippen molar-refractivity contribution in [1.82, 2.24) is 29.9 Å². The smallest absolute Gasteiger partial charge is 0.262 e. The molecule has 3 aromatic carbocycles. The molecule has 10 rings (SSSR count). The number of aromatic nitrogens is 1. The van der Waals surface area contributed by atoms with Gasteiger partial charge in [0.2, 0.25) is 23.6 Å². The number of benzene rings is 3. The van der Waals surface area contributed by atoms with Crippen LogP contribution in [0.15, 0.2) is 66.9 Å². The molecule has 1 aromatic heterocycles. The van der Waals surface area contributed by atoms with Crippen LogP contribution in [0.4, 0.5) is 15.8 Å². The number of amides is 6. The van der Waals surface area contributed by atoms with Gasteiger partial charge in [0.25, 0.3) is 11.8 Å². The Morgan fingerprint density at radius 1 is 0.814 bits per heavy atom. The second kappa shape index (κ2) is 20.4. The molecule has 6 aliphatic rings. The Hall–Kier alpha value is -5.97. The molecule has 1 saturated carbocycles. The average Bonchev–Trinajstić information content (AvgIpc) is 3.62. The minimum absolute atomic E-state index is 0.0417. The third kappa shape index (κ3) is 10.00. The SMILES string of the molecule is C[C@@H](C(=O)Nc1ccc(Cl)c(OC2CCN(C(=O)CN3CCC(N4CCN(c5ccc6c(c5)C(=O)N(C5CCC(=O)NC5=O)C6=O)CC4)CC3)CC2)c1)[C@H]1CC[C@@H](c2ccnc3ccc(F)cc32)CC1. The summed E-state index contributed by atoms with van der Waals surface area (Å²) in [5.41, 5.74) is 3.99. The van der Waals surface area contributed by atoms with E-state index in [1.54, 1.807) is 48.7 Å². The number of halogens is 2. The number of carbonyl (C=O) groups excluding carboxylic acids is 6. The van der Waals surface area contributed by atoms with Gasteiger partial charge in [0, 0.05) is 113 Å². The molecule has 6 amide bonds. The predicted octanol–water partition coefficient (Wildman–Crippen LogP) is 6.63. The second-order valence-corrected chi connectivity index (χ2v) is 20.4. The zero-order chi connectivity index (χ0) is 48.6. The third-order valence-electron chi connectivity index (χ3n) is 15.9. The summed E-state index contributed by atoms with van der Waals surface area (Å²) < 4.78 is 20.5. The van der Waals surface area contributed by atoms with Crippen LogP contribution in [0.2, 0.25) is 5.02 Å². The summed E-state index contributed by atoms with van der Waals surface area (Å²) in [7, 11) is 0. The van der Waals surface area contributed by atoms with Crippen molar-refractivity contribution in [3.05, 3.63) is 94.4 Å². The van der Waals surface area contributed by atoms with Gasteiger partial charge >= 0.3 is 0 Å². The lowest BCUT2D eigenvalue weighted by Gasteiger charge is -2.43. The Balaban J connectivity index is 0.635. The molecule has 0 radical (unpaired) electrons. The number of hydrogen-bond acceptors (Lipinski definition) is 11. The van der Waals surface area contributed by atoms with Crippen molar-refractivity contribution in [1.29, 1.82) is 0 Å². The number of likely N-dealkylation sites (tertiary alicyclic amines) is 2. The highest BCUT2D eigenvalue weighted by Gasteiger charge is 2.45. The maximum absolute atomic E-state index is 14.1. The van der Waals surface area contributed by atoms with Crippen molar-refractivity contribution >= 4 is 69.3 Å². The van der Waals surface area contributed by atoms with Crippen LogP contribution in [-0.2, 0) is 19.2 Å². The van der Waals surface area contributed by atoms with Crippen LogP contribution >= 0.6 is 11.6 Å². The Kier molecular flexibility index (Phi) is 13.9. The number of fused-ring (bicyclic) bond motifs is 2. The summed E-state index contributed by atoms with van der Waals surface area (Å²) in [6.45, 7) is 8.52. The number of piperidine rings is 3. The van der Waals surface area contributed by atoms with Crippen molar-refractivity contribution in [3.63, 3.8) is 0 Å². The number of imide groups is 2. The molecule has 0 bridgehead atoms. The van der Waals surface area contributed by atoms with Gasteiger partial charge in [0.05, 0.1) is 28.2 Å². The lowest BCUT2D eigenvalue weighted by molar-refractivity contribution is -0.136. The molecule has 70 heavy (non-hydrogen) atoms. The van der Waals surface area contributed by atoms with E-state index in [4.69, 9.17) is 16.3 Å². The van der Waals surface area contributed by atoms with E-state index in [2.05, 4.69) is 30.3 Å². The minimum atomic E-state index is -0.989. The molecule has 1 unspecified atom stereocenters. The first kappa shape index (κ1) is 47.7. The quantitative estimate of drug-likeness (QED) is 0.155. The standard InChI is InChI=1S/C53H60ClFN8O7/c1-32(33-2-4-34(5-3-33)40-14-19-56-45-11-6-35(55)28-42(40)45)50(66)57-36-7-10-44(54)47(29-36)70-39-17-22-62(23-18-39)49(65)31-59-20-15-37(16-21-59)60-24-26-61(27-25-60)38-8-9-41-43(30-38)53(69)63(52(41)68)46-12-13-48(64)58-51(46)67/h6-11,14,19,28-30,32-34,37,39,46H,2-5,12-13,15-18,20-27,31H2,1H3,(H,57,66)(H,58,64,67)/t32-,33-,34+,46?/m1/s1. The minimum Gasteiger partial charge on any atom is -0.489 e. The Bertz CT molecular complexity index is 2690. The first-order valence-electron chi connectivity index (χ1n) is 25.0. The van der Waals surface area contributed by atoms with Gasteiger partial charge in [-0.15, -0.1) is 0 Å². The number of rotatable bonds is 11. The molecule has 2 N–H and O–H groups in total. The van der Waals surface area contributed by atoms with Crippen molar-refractivity contribution < 1.29 is 37.9 Å². The molecule has 5 fully saturated rings. The lowest BCUT2D eigenvalue weighted by Crippen LogP contribution is -2.54. The molecule has 5 aliphatic heterocycles. The zero-order valence-corrected chi connectivity index (χ0v) is 40.3. The summed E-state index contributed by atoms with van der Waals surface area (Å²) in [4.78, 5) is 92.1. The van der Waals surface area contributed by atoms with E-state index < -0.39 is 29.7 Å². The fraction of sp³-hybridized carbons (Fsp3) is 0.491. The molecular formula is C53H60ClFN8O7. The number of piperazine rings is 1. The molecule has 4 aromatic rings. The molecule has 0 spiro atoms. The first-order valence-corrected chi connectivity index (χ1v) is 25.4. The number of ether oxygens (including phenoxy) is 1. The topological polar surface area (TPSA) is 165 Å². The highest BCUT2D eigenvalue weighted by atomic mass is 35.5. The molecule has 2 atom stereocenters. The normalized spacial score (nSPS) is 23.6. The van der Waals surface area contributed by atoms with E-state index >= 15 is 0 Å². The van der Waals surface area contributed by atoms with Crippen LogP contribution in [-0.4, -0.2) is 137 Å². The predicted molar refractivity (Wildman–Crippen MR) is 262 cm³/mol. The second-order valence-electron chi connectivity index (χ2n) is 20.0. The maximum Gasteiger partial charge on any atom is 0.262 e. The monoisotopic (exact) mass is 974 g/mol. The summed E-state index contributed by atoms with van der Waals surface area (Å²) in [5.74, 6) is -1.34. The fourth-order valence-corrected chi connectivity index (χ4v) is 11.9. The lowest BCUT2D eigenvalue weighted by atomic mass is 9.73. The third-order valence-corrected chi connectivity index (χ3v) is 16.2. The Labute approximate surface area is 412 Å². The van der Waals surface area contributed by atoms with Crippen molar-refractivity contribution in [2.75, 3.05) is 69.1 Å². The van der Waals surface area contributed by atoms with Gasteiger partial charge in [0.15, 0.2) is 0 Å². The van der Waals surface area contributed by atoms with E-state index in [1.807, 2.05) is 24.0 Å². The van der Waals surface area contributed by atoms with E-state index in [1.165, 1.54) is 6.07 Å². The summed E-state index contributed by atoms with van der Waals surface area (Å²) in [6, 6.07) is 16.8. The average molecular weight is 976 g/mol. The Morgan fingerprint density at radius 3 is 2.30 bits per heavy atom. The van der Waals surface area contributed by atoms with Crippen LogP contribution < -0.4 is 20.3 Å². The van der Waals surface area contributed by atoms with Gasteiger partial charge in [-0.2, -0.15) is 0 Å². The van der Waals surface area contributed by atoms with Crippen molar-refractivity contribution in [3.8, 4) is 5.75 Å². The van der Waals surface area contributed by atoms with Gasteiger partial charge in [-0.3, -0.25) is 53.8 Å². The van der Waals surface area contributed by atoms with Crippen LogP contribution in [0.3, 0.4) is 0 Å². The number of carbonyl (C=O) groups is 6. The van der Waals surface area contributed by atoms with E-state index in [0.29, 0.717) is 60.9 Å². The molecular weight excluding hydrogens is 915 g/mol. The maximum atomic E-state index is 14.1. The van der Waals surface area contributed by atoms with Gasteiger partial charge < -0.3 is 19.9 Å². The largest absolute Gasteiger partial charge is 0.489 e. The highest BCUT2D eigenvalue weighted by Crippen LogP contribution is 2.41. The van der Waals surface area contributed by atoms with Crippen LogP contribution in [0.1, 0.15) is 103 Å². The summed E-state index contributed by atoms with van der Waals surface area (Å²) in [5, 5.41) is 6.68. The van der Waals surface area contributed by atoms with E-state index in [-0.39, 0.29) is 59.5 Å². The number of hydrogen-bond donors (Lipinski definition) is 2. The Morgan fingerprint density at radius 2 is 1.56 bits per heavy atom. The summed E-state index contributed by atoms with van der Waals surface area (Å²) >= 11 is 6.61. The summed E-state index contributed by atoms with van der Waals surface area (Å²) in [6.07, 6.45) is 8.86. The number of pyridine rings is 1. The molecule has 368 valence electrons. The van der Waals surface area contributed by atoms with Crippen LogP contribution in [0, 0.1) is 17.7 Å².